The summed E-state index contributed by atoms with van der Waals surface area (Å²) in [7, 11) is -3.85. The number of sulfonamides is 1. The van der Waals surface area contributed by atoms with E-state index in [9.17, 15) is 18.3 Å². The molecule has 48 heavy (non-hydrogen) atoms. The second-order valence-electron chi connectivity index (χ2n) is 11.7. The number of H-pyrrole nitrogens is 1. The average Bonchev–Trinajstić information content (AvgIpc) is 3.47. The molecule has 7 aromatic rings. The molecule has 0 saturated heterocycles. The molecule has 0 spiro atoms. The van der Waals surface area contributed by atoms with E-state index in [0.29, 0.717) is 41.4 Å². The van der Waals surface area contributed by atoms with Crippen molar-refractivity contribution in [1.29, 1.82) is 0 Å². The molecule has 1 aliphatic heterocycles. The van der Waals surface area contributed by atoms with Gasteiger partial charge >= 0.3 is 5.63 Å². The standard InChI is InChI=1S/C38H30N2O7S/c41-36-28-11-4-6-14-31(28)47-38(42)34(36)33(29-12-7-15-32-37(29)46-21-20-45-32)35-27(26-10-3-5-13-30(26)40-35)18-19-39-48(43,44)25-17-16-23-8-1-2-9-24(23)22-25/h1-17,22,33,39-41H,18-21H2. The first-order valence-corrected chi connectivity index (χ1v) is 17.1. The molecule has 9 nitrogen and oxygen atoms in total. The van der Waals surface area contributed by atoms with Crippen molar-refractivity contribution in [3.8, 4) is 17.2 Å². The summed E-state index contributed by atoms with van der Waals surface area (Å²) >= 11 is 0. The van der Waals surface area contributed by atoms with Gasteiger partial charge in [-0.05, 0) is 59.2 Å². The summed E-state index contributed by atoms with van der Waals surface area (Å²) in [5, 5.41) is 14.8. The number of benzene rings is 5. The normalized spacial score (nSPS) is 13.7. The van der Waals surface area contributed by atoms with Crippen molar-refractivity contribution < 1.29 is 27.4 Å². The Kier molecular flexibility index (Phi) is 7.39. The van der Waals surface area contributed by atoms with Crippen LogP contribution in [-0.4, -0.2) is 38.3 Å². The highest BCUT2D eigenvalue weighted by molar-refractivity contribution is 7.89. The van der Waals surface area contributed by atoms with Gasteiger partial charge in [-0.25, -0.2) is 17.9 Å². The monoisotopic (exact) mass is 658 g/mol. The van der Waals surface area contributed by atoms with E-state index in [1.807, 2.05) is 60.7 Å². The number of para-hydroxylation sites is 3. The van der Waals surface area contributed by atoms with Crippen molar-refractivity contribution >= 4 is 42.7 Å². The van der Waals surface area contributed by atoms with Gasteiger partial charge in [0.05, 0.1) is 21.8 Å². The van der Waals surface area contributed by atoms with Gasteiger partial charge in [-0.3, -0.25) is 0 Å². The number of fused-ring (bicyclic) bond motifs is 4. The summed E-state index contributed by atoms with van der Waals surface area (Å²) in [6.07, 6.45) is 0.273. The summed E-state index contributed by atoms with van der Waals surface area (Å²) in [5.41, 5.74) is 2.34. The maximum atomic E-state index is 13.8. The van der Waals surface area contributed by atoms with Gasteiger partial charge in [-0.1, -0.05) is 72.8 Å². The number of aromatic nitrogens is 1. The molecule has 5 aromatic carbocycles. The van der Waals surface area contributed by atoms with Crippen LogP contribution in [-0.2, 0) is 16.4 Å². The highest BCUT2D eigenvalue weighted by atomic mass is 32.2. The first-order valence-electron chi connectivity index (χ1n) is 15.6. The van der Waals surface area contributed by atoms with Gasteiger partial charge in [0.25, 0.3) is 0 Å². The van der Waals surface area contributed by atoms with Gasteiger partial charge in [0.15, 0.2) is 11.5 Å². The molecule has 1 atom stereocenters. The topological polar surface area (TPSA) is 131 Å². The third-order valence-electron chi connectivity index (χ3n) is 8.85. The van der Waals surface area contributed by atoms with E-state index in [1.165, 1.54) is 0 Å². The van der Waals surface area contributed by atoms with Gasteiger partial charge in [0.1, 0.15) is 24.5 Å². The van der Waals surface area contributed by atoms with Crippen LogP contribution in [0.4, 0.5) is 0 Å². The molecule has 8 rings (SSSR count). The fourth-order valence-electron chi connectivity index (χ4n) is 6.65. The van der Waals surface area contributed by atoms with Crippen LogP contribution in [0.3, 0.4) is 0 Å². The Balaban J connectivity index is 1.26. The molecular formula is C38H30N2O7S. The van der Waals surface area contributed by atoms with Crippen LogP contribution in [0.2, 0.25) is 0 Å². The van der Waals surface area contributed by atoms with Crippen LogP contribution < -0.4 is 19.8 Å². The van der Waals surface area contributed by atoms with E-state index >= 15 is 0 Å². The molecule has 1 aliphatic rings. The maximum Gasteiger partial charge on any atom is 0.344 e. The second-order valence-corrected chi connectivity index (χ2v) is 13.4. The van der Waals surface area contributed by atoms with Crippen molar-refractivity contribution in [2.45, 2.75) is 17.2 Å². The zero-order valence-electron chi connectivity index (χ0n) is 25.6. The molecular weight excluding hydrogens is 628 g/mol. The van der Waals surface area contributed by atoms with E-state index in [-0.39, 0.29) is 34.8 Å². The van der Waals surface area contributed by atoms with Crippen LogP contribution in [0.25, 0.3) is 32.6 Å². The van der Waals surface area contributed by atoms with Crippen LogP contribution >= 0.6 is 0 Å². The molecule has 3 N–H and O–H groups in total. The van der Waals surface area contributed by atoms with Crippen molar-refractivity contribution in [3.05, 3.63) is 142 Å². The first-order chi connectivity index (χ1) is 23.4. The third-order valence-corrected chi connectivity index (χ3v) is 10.3. The Hall–Kier alpha value is -5.58. The highest BCUT2D eigenvalue weighted by Crippen LogP contribution is 2.47. The lowest BCUT2D eigenvalue weighted by Crippen LogP contribution is -2.26. The number of rotatable bonds is 8. The summed E-state index contributed by atoms with van der Waals surface area (Å²) in [6, 6.07) is 32.6. The van der Waals surface area contributed by atoms with Gasteiger partial charge in [0, 0.05) is 28.7 Å². The van der Waals surface area contributed by atoms with Crippen LogP contribution in [0.15, 0.2) is 123 Å². The van der Waals surface area contributed by atoms with Gasteiger partial charge in [0.2, 0.25) is 10.0 Å². The summed E-state index contributed by atoms with van der Waals surface area (Å²) in [5.74, 6) is -0.110. The Morgan fingerprint density at radius 3 is 2.44 bits per heavy atom. The quantitative estimate of drug-likeness (QED) is 0.157. The number of ether oxygens (including phenoxy) is 2. The van der Waals surface area contributed by atoms with E-state index in [1.54, 1.807) is 48.5 Å². The molecule has 0 radical (unpaired) electrons. The van der Waals surface area contributed by atoms with Crippen molar-refractivity contribution in [3.63, 3.8) is 0 Å². The second kappa shape index (κ2) is 11.9. The maximum absolute atomic E-state index is 13.8. The van der Waals surface area contributed by atoms with Crippen molar-refractivity contribution in [2.75, 3.05) is 19.8 Å². The Labute approximate surface area is 275 Å². The summed E-state index contributed by atoms with van der Waals surface area (Å²) in [4.78, 5) is 17.5. The average molecular weight is 659 g/mol. The minimum atomic E-state index is -3.85. The van der Waals surface area contributed by atoms with E-state index in [2.05, 4.69) is 9.71 Å². The zero-order valence-corrected chi connectivity index (χ0v) is 26.4. The van der Waals surface area contributed by atoms with E-state index in [4.69, 9.17) is 13.9 Å². The highest BCUT2D eigenvalue weighted by Gasteiger charge is 2.34. The lowest BCUT2D eigenvalue weighted by molar-refractivity contribution is 0.169. The van der Waals surface area contributed by atoms with Crippen molar-refractivity contribution in [2.24, 2.45) is 0 Å². The lowest BCUT2D eigenvalue weighted by Gasteiger charge is -2.26. The van der Waals surface area contributed by atoms with Crippen LogP contribution in [0.1, 0.15) is 28.3 Å². The largest absolute Gasteiger partial charge is 0.507 e. The zero-order chi connectivity index (χ0) is 32.8. The smallest absolute Gasteiger partial charge is 0.344 e. The summed E-state index contributed by atoms with van der Waals surface area (Å²) < 4.78 is 47.5. The lowest BCUT2D eigenvalue weighted by atomic mass is 9.84. The number of nitrogens with one attached hydrogen (secondary N) is 2. The molecule has 0 saturated carbocycles. The van der Waals surface area contributed by atoms with Crippen LogP contribution in [0, 0.1) is 0 Å². The predicted octanol–water partition coefficient (Wildman–Crippen LogP) is 6.61. The van der Waals surface area contributed by atoms with Gasteiger partial charge in [-0.15, -0.1) is 0 Å². The number of hydrogen-bond donors (Lipinski definition) is 3. The molecule has 3 heterocycles. The van der Waals surface area contributed by atoms with Crippen molar-refractivity contribution in [1.82, 2.24) is 9.71 Å². The first kappa shape index (κ1) is 29.8. The van der Waals surface area contributed by atoms with Crippen LogP contribution in [0.5, 0.6) is 17.2 Å². The van der Waals surface area contributed by atoms with E-state index in [0.717, 1.165) is 27.2 Å². The van der Waals surface area contributed by atoms with Gasteiger partial charge in [-0.2, -0.15) is 0 Å². The Morgan fingerprint density at radius 2 is 1.56 bits per heavy atom. The minimum Gasteiger partial charge on any atom is -0.507 e. The van der Waals surface area contributed by atoms with E-state index < -0.39 is 21.6 Å². The molecule has 240 valence electrons. The molecule has 1 unspecified atom stereocenters. The summed E-state index contributed by atoms with van der Waals surface area (Å²) in [6.45, 7) is 0.756. The number of aromatic hydroxyl groups is 1. The SMILES string of the molecule is O=c1oc2ccccc2c(O)c1C(c1cccc2c1OCCO2)c1[nH]c2ccccc2c1CCNS(=O)(=O)c1ccc2ccccc2c1. The fourth-order valence-corrected chi connectivity index (χ4v) is 7.71. The van der Waals surface area contributed by atoms with Gasteiger partial charge < -0.3 is 24.0 Å². The Morgan fingerprint density at radius 1 is 0.812 bits per heavy atom. The molecule has 0 aliphatic carbocycles. The third kappa shape index (κ3) is 5.15. The molecule has 0 fully saturated rings. The Bertz CT molecular complexity index is 2520. The fraction of sp³-hybridized carbons (Fsp3) is 0.132. The molecule has 0 amide bonds. The molecule has 2 aromatic heterocycles. The molecule has 0 bridgehead atoms. The predicted molar refractivity (Wildman–Crippen MR) is 184 cm³/mol. The minimum absolute atomic E-state index is 0.0285. The molecule has 10 heteroatoms. The number of hydrogen-bond acceptors (Lipinski definition) is 7. The number of aromatic amines is 1.